The Bertz CT molecular complexity index is 613. The average molecular weight is 278 g/mol. The summed E-state index contributed by atoms with van der Waals surface area (Å²) in [4.78, 5) is 12.0. The second-order valence-electron chi connectivity index (χ2n) is 4.29. The Balaban J connectivity index is 2.07. The van der Waals surface area contributed by atoms with Crippen molar-refractivity contribution in [1.82, 2.24) is 0 Å². The van der Waals surface area contributed by atoms with E-state index in [9.17, 15) is 9.18 Å². The Morgan fingerprint density at radius 1 is 1.21 bits per heavy atom. The molecule has 4 heteroatoms. The second kappa shape index (κ2) is 5.85. The number of rotatable bonds is 4. The highest BCUT2D eigenvalue weighted by Crippen LogP contribution is 2.20. The summed E-state index contributed by atoms with van der Waals surface area (Å²) in [6.07, 6.45) is 0.823. The molecule has 0 unspecified atom stereocenters. The Labute approximate surface area is 116 Å². The van der Waals surface area contributed by atoms with E-state index in [0.717, 1.165) is 5.56 Å². The molecule has 0 atom stereocenters. The molecule has 0 heterocycles. The van der Waals surface area contributed by atoms with Gasteiger partial charge in [-0.15, -0.1) is 0 Å². The van der Waals surface area contributed by atoms with E-state index < -0.39 is 5.82 Å². The van der Waals surface area contributed by atoms with Gasteiger partial charge in [-0.05, 0) is 42.3 Å². The molecule has 0 saturated heterocycles. The molecule has 0 aliphatic rings. The molecule has 2 aromatic carbocycles. The van der Waals surface area contributed by atoms with Crippen LogP contribution >= 0.6 is 11.6 Å². The van der Waals surface area contributed by atoms with Crippen LogP contribution in [0.3, 0.4) is 0 Å². The van der Waals surface area contributed by atoms with Crippen molar-refractivity contribution >= 4 is 23.1 Å². The van der Waals surface area contributed by atoms with Crippen LogP contribution in [-0.4, -0.2) is 5.78 Å². The third-order valence-electron chi connectivity index (χ3n) is 2.82. The van der Waals surface area contributed by atoms with Gasteiger partial charge in [-0.1, -0.05) is 23.7 Å². The van der Waals surface area contributed by atoms with E-state index in [4.69, 9.17) is 17.3 Å². The molecule has 2 nitrogen and oxygen atoms in total. The number of carbonyl (C=O) groups excluding carboxylic acids is 1. The van der Waals surface area contributed by atoms with Crippen LogP contribution in [0.1, 0.15) is 22.3 Å². The van der Waals surface area contributed by atoms with Gasteiger partial charge in [0.1, 0.15) is 5.82 Å². The largest absolute Gasteiger partial charge is 0.399 e. The Morgan fingerprint density at radius 3 is 2.74 bits per heavy atom. The van der Waals surface area contributed by atoms with Gasteiger partial charge in [0.15, 0.2) is 5.78 Å². The summed E-state index contributed by atoms with van der Waals surface area (Å²) in [7, 11) is 0. The molecule has 0 saturated carbocycles. The highest BCUT2D eigenvalue weighted by molar-refractivity contribution is 6.33. The van der Waals surface area contributed by atoms with Gasteiger partial charge in [0.05, 0.1) is 5.02 Å². The van der Waals surface area contributed by atoms with Crippen LogP contribution in [0.4, 0.5) is 10.1 Å². The minimum atomic E-state index is -0.461. The zero-order valence-corrected chi connectivity index (χ0v) is 11.0. The molecule has 0 radical (unpaired) electrons. The molecule has 0 fully saturated rings. The second-order valence-corrected chi connectivity index (χ2v) is 4.70. The first-order chi connectivity index (χ1) is 9.06. The fraction of sp³-hybridized carbons (Fsp3) is 0.133. The van der Waals surface area contributed by atoms with E-state index in [1.54, 1.807) is 6.07 Å². The van der Waals surface area contributed by atoms with E-state index >= 15 is 0 Å². The molecule has 0 bridgehead atoms. The predicted molar refractivity (Wildman–Crippen MR) is 74.9 cm³/mol. The number of nitrogens with two attached hydrogens (primary N) is 1. The molecule has 2 rings (SSSR count). The first-order valence-electron chi connectivity index (χ1n) is 5.89. The summed E-state index contributed by atoms with van der Waals surface area (Å²) in [6.45, 7) is 0. The van der Waals surface area contributed by atoms with Crippen molar-refractivity contribution in [3.8, 4) is 0 Å². The minimum absolute atomic E-state index is 0.174. The Morgan fingerprint density at radius 2 is 2.00 bits per heavy atom. The lowest BCUT2D eigenvalue weighted by atomic mass is 10.0. The molecule has 0 aliphatic heterocycles. The van der Waals surface area contributed by atoms with Gasteiger partial charge in [-0.3, -0.25) is 4.79 Å². The van der Waals surface area contributed by atoms with Crippen LogP contribution in [0.15, 0.2) is 42.5 Å². The van der Waals surface area contributed by atoms with Crippen molar-refractivity contribution in [3.63, 3.8) is 0 Å². The lowest BCUT2D eigenvalue weighted by Gasteiger charge is -2.05. The van der Waals surface area contributed by atoms with Crippen LogP contribution in [0.5, 0.6) is 0 Å². The fourth-order valence-corrected chi connectivity index (χ4v) is 2.08. The minimum Gasteiger partial charge on any atom is -0.399 e. The molecule has 2 N–H and O–H groups in total. The summed E-state index contributed by atoms with van der Waals surface area (Å²) in [5.41, 5.74) is 7.53. The van der Waals surface area contributed by atoms with Crippen molar-refractivity contribution in [2.75, 3.05) is 5.73 Å². The number of hydrogen-bond acceptors (Lipinski definition) is 2. The predicted octanol–water partition coefficient (Wildman–Crippen LogP) is 3.88. The van der Waals surface area contributed by atoms with Gasteiger partial charge in [-0.2, -0.15) is 0 Å². The number of ketones is 1. The lowest BCUT2D eigenvalue weighted by molar-refractivity contribution is 0.0982. The normalized spacial score (nSPS) is 10.4. The zero-order valence-electron chi connectivity index (χ0n) is 10.2. The number of nitrogen functional groups attached to an aromatic ring is 1. The van der Waals surface area contributed by atoms with Crippen molar-refractivity contribution in [2.24, 2.45) is 0 Å². The van der Waals surface area contributed by atoms with Crippen molar-refractivity contribution in [1.29, 1.82) is 0 Å². The van der Waals surface area contributed by atoms with E-state index in [1.807, 2.05) is 18.2 Å². The molecule has 2 aromatic rings. The maximum absolute atomic E-state index is 13.1. The van der Waals surface area contributed by atoms with Crippen LogP contribution in [0, 0.1) is 5.82 Å². The number of hydrogen-bond donors (Lipinski definition) is 1. The topological polar surface area (TPSA) is 43.1 Å². The summed E-state index contributed by atoms with van der Waals surface area (Å²) in [5.74, 6) is -0.636. The van der Waals surface area contributed by atoms with Crippen LogP contribution < -0.4 is 5.73 Å². The third-order valence-corrected chi connectivity index (χ3v) is 3.15. The number of benzene rings is 2. The Hall–Kier alpha value is -1.87. The highest BCUT2D eigenvalue weighted by Gasteiger charge is 2.11. The summed E-state index contributed by atoms with van der Waals surface area (Å²) < 4.78 is 13.1. The summed E-state index contributed by atoms with van der Waals surface area (Å²) in [5, 5.41) is 0.277. The first kappa shape index (κ1) is 13.6. The maximum Gasteiger partial charge on any atom is 0.164 e. The molecule has 19 heavy (non-hydrogen) atoms. The lowest BCUT2D eigenvalue weighted by Crippen LogP contribution is -2.03. The van der Waals surface area contributed by atoms with Gasteiger partial charge in [0.2, 0.25) is 0 Å². The van der Waals surface area contributed by atoms with Crippen LogP contribution in [-0.2, 0) is 6.42 Å². The van der Waals surface area contributed by atoms with E-state index in [0.29, 0.717) is 12.1 Å². The van der Waals surface area contributed by atoms with Crippen LogP contribution in [0.25, 0.3) is 0 Å². The molecular weight excluding hydrogens is 265 g/mol. The van der Waals surface area contributed by atoms with Crippen LogP contribution in [0.2, 0.25) is 5.02 Å². The monoisotopic (exact) mass is 277 g/mol. The van der Waals surface area contributed by atoms with Crippen molar-refractivity contribution < 1.29 is 9.18 Å². The molecule has 0 aromatic heterocycles. The smallest absolute Gasteiger partial charge is 0.164 e. The maximum atomic E-state index is 13.1. The first-order valence-corrected chi connectivity index (χ1v) is 6.27. The molecular formula is C15H13ClFNO. The highest BCUT2D eigenvalue weighted by atomic mass is 35.5. The number of aryl methyl sites for hydroxylation is 1. The Kier molecular flexibility index (Phi) is 4.17. The SMILES string of the molecule is Nc1cccc(CCC(=O)c2cc(F)ccc2Cl)c1. The molecule has 0 spiro atoms. The average Bonchev–Trinajstić information content (AvgIpc) is 2.39. The van der Waals surface area contributed by atoms with Gasteiger partial charge >= 0.3 is 0 Å². The number of carbonyl (C=O) groups is 1. The molecule has 98 valence electrons. The van der Waals surface area contributed by atoms with Gasteiger partial charge in [0, 0.05) is 17.7 Å². The summed E-state index contributed by atoms with van der Waals surface area (Å²) >= 11 is 5.89. The van der Waals surface area contributed by atoms with E-state index in [1.165, 1.54) is 18.2 Å². The quantitative estimate of drug-likeness (QED) is 0.681. The van der Waals surface area contributed by atoms with E-state index in [2.05, 4.69) is 0 Å². The summed E-state index contributed by atoms with van der Waals surface area (Å²) in [6, 6.07) is 11.1. The number of halogens is 2. The third kappa shape index (κ3) is 3.55. The van der Waals surface area contributed by atoms with Gasteiger partial charge in [-0.25, -0.2) is 4.39 Å². The number of anilines is 1. The zero-order chi connectivity index (χ0) is 13.8. The molecule has 0 amide bonds. The fourth-order valence-electron chi connectivity index (χ4n) is 1.85. The number of Topliss-reactive ketones (excluding diaryl/α,β-unsaturated/α-hetero) is 1. The molecule has 0 aliphatic carbocycles. The van der Waals surface area contributed by atoms with Gasteiger partial charge in [0.25, 0.3) is 0 Å². The van der Waals surface area contributed by atoms with Crippen molar-refractivity contribution in [3.05, 3.63) is 64.4 Å². The van der Waals surface area contributed by atoms with E-state index in [-0.39, 0.29) is 22.8 Å². The van der Waals surface area contributed by atoms with Crippen molar-refractivity contribution in [2.45, 2.75) is 12.8 Å². The standard InChI is InChI=1S/C15H13ClFNO/c16-14-6-5-11(17)9-13(14)15(19)7-4-10-2-1-3-12(18)8-10/h1-3,5-6,8-9H,4,7,18H2. The van der Waals surface area contributed by atoms with Gasteiger partial charge < -0.3 is 5.73 Å².